The normalized spacial score (nSPS) is 17.3. The molecule has 210 valence electrons. The first-order valence-electron chi connectivity index (χ1n) is 12.4. The van der Waals surface area contributed by atoms with Gasteiger partial charge in [0, 0.05) is 36.5 Å². The van der Waals surface area contributed by atoms with Crippen molar-refractivity contribution in [1.82, 2.24) is 20.5 Å². The Morgan fingerprint density at radius 1 is 1.05 bits per heavy atom. The van der Waals surface area contributed by atoms with Gasteiger partial charge in [-0.05, 0) is 30.9 Å². The number of nitrogens with zero attached hydrogens (tertiary/aromatic N) is 1. The van der Waals surface area contributed by atoms with Gasteiger partial charge in [-0.25, -0.2) is 4.79 Å². The van der Waals surface area contributed by atoms with E-state index in [1.807, 2.05) is 24.3 Å². The SMILES string of the molecule is NC(=O)CC(N)C(=O)NC(CCC(=O)O)C(=O)NC(Cc1c[nH]c2ccccc12)C(=O)N1CCCC1C(=O)O. The Kier molecular flexibility index (Phi) is 9.60. The number of nitrogens with one attached hydrogen (secondary N) is 3. The predicted molar refractivity (Wildman–Crippen MR) is 137 cm³/mol. The third-order valence-corrected chi connectivity index (χ3v) is 6.57. The second kappa shape index (κ2) is 12.9. The van der Waals surface area contributed by atoms with E-state index in [0.29, 0.717) is 12.0 Å². The molecule has 39 heavy (non-hydrogen) atoms. The molecule has 4 amide bonds. The first-order valence-corrected chi connectivity index (χ1v) is 12.4. The fourth-order valence-electron chi connectivity index (χ4n) is 4.61. The summed E-state index contributed by atoms with van der Waals surface area (Å²) in [6, 6.07) is 2.26. The Labute approximate surface area is 223 Å². The lowest BCUT2D eigenvalue weighted by Crippen LogP contribution is -2.58. The van der Waals surface area contributed by atoms with Crippen molar-refractivity contribution in [1.29, 1.82) is 0 Å². The monoisotopic (exact) mass is 544 g/mol. The maximum absolute atomic E-state index is 13.6. The number of rotatable bonds is 13. The van der Waals surface area contributed by atoms with Crippen LogP contribution < -0.4 is 22.1 Å². The average Bonchev–Trinajstić information content (AvgIpc) is 3.53. The molecule has 14 nitrogen and oxygen atoms in total. The molecule has 14 heteroatoms. The number of carbonyl (C=O) groups is 6. The molecule has 0 bridgehead atoms. The molecular weight excluding hydrogens is 512 g/mol. The number of carboxylic acid groups (broad SMARTS) is 2. The summed E-state index contributed by atoms with van der Waals surface area (Å²) in [5.74, 6) is -5.60. The van der Waals surface area contributed by atoms with Crippen molar-refractivity contribution in [2.24, 2.45) is 11.5 Å². The number of fused-ring (bicyclic) bond motifs is 1. The molecule has 1 aromatic carbocycles. The number of hydrogen-bond acceptors (Lipinski definition) is 7. The highest BCUT2D eigenvalue weighted by Crippen LogP contribution is 2.23. The summed E-state index contributed by atoms with van der Waals surface area (Å²) in [5, 5.41) is 24.4. The fraction of sp³-hybridized carbons (Fsp3) is 0.440. The number of carbonyl (C=O) groups excluding carboxylic acids is 4. The Morgan fingerprint density at radius 3 is 2.41 bits per heavy atom. The Morgan fingerprint density at radius 2 is 1.74 bits per heavy atom. The van der Waals surface area contributed by atoms with Crippen molar-refractivity contribution in [3.63, 3.8) is 0 Å². The highest BCUT2D eigenvalue weighted by Gasteiger charge is 2.38. The molecule has 0 radical (unpaired) electrons. The molecule has 2 heterocycles. The number of H-pyrrole nitrogens is 1. The van der Waals surface area contributed by atoms with Gasteiger partial charge in [0.05, 0.1) is 12.5 Å². The highest BCUT2D eigenvalue weighted by molar-refractivity contribution is 5.96. The van der Waals surface area contributed by atoms with Gasteiger partial charge in [0.2, 0.25) is 23.6 Å². The average molecular weight is 545 g/mol. The van der Waals surface area contributed by atoms with E-state index >= 15 is 0 Å². The quantitative estimate of drug-likeness (QED) is 0.160. The maximum Gasteiger partial charge on any atom is 0.326 e. The summed E-state index contributed by atoms with van der Waals surface area (Å²) in [6.07, 6.45) is 1.12. The molecule has 4 unspecified atom stereocenters. The molecule has 0 aliphatic carbocycles. The number of aromatic amines is 1. The molecule has 3 rings (SSSR count). The van der Waals surface area contributed by atoms with Crippen LogP contribution in [-0.4, -0.2) is 86.4 Å². The van der Waals surface area contributed by atoms with E-state index in [4.69, 9.17) is 16.6 Å². The van der Waals surface area contributed by atoms with E-state index in [9.17, 15) is 33.9 Å². The summed E-state index contributed by atoms with van der Waals surface area (Å²) < 4.78 is 0. The lowest BCUT2D eigenvalue weighted by molar-refractivity contribution is -0.149. The number of para-hydroxylation sites is 1. The molecule has 1 saturated heterocycles. The van der Waals surface area contributed by atoms with Gasteiger partial charge < -0.3 is 42.2 Å². The number of nitrogens with two attached hydrogens (primary N) is 2. The van der Waals surface area contributed by atoms with Crippen LogP contribution in [0.15, 0.2) is 30.5 Å². The molecule has 4 atom stereocenters. The van der Waals surface area contributed by atoms with E-state index in [-0.39, 0.29) is 25.8 Å². The number of aliphatic carboxylic acids is 2. The van der Waals surface area contributed by atoms with Gasteiger partial charge in [0.25, 0.3) is 0 Å². The Bertz CT molecular complexity index is 1260. The van der Waals surface area contributed by atoms with Gasteiger partial charge >= 0.3 is 11.9 Å². The third-order valence-electron chi connectivity index (χ3n) is 6.57. The second-order valence-electron chi connectivity index (χ2n) is 9.42. The summed E-state index contributed by atoms with van der Waals surface area (Å²) in [4.78, 5) is 77.7. The molecule has 0 saturated carbocycles. The van der Waals surface area contributed by atoms with Crippen molar-refractivity contribution in [2.75, 3.05) is 6.54 Å². The van der Waals surface area contributed by atoms with Crippen LogP contribution in [0.3, 0.4) is 0 Å². The number of hydrogen-bond donors (Lipinski definition) is 7. The van der Waals surface area contributed by atoms with Crippen molar-refractivity contribution in [3.05, 3.63) is 36.0 Å². The van der Waals surface area contributed by atoms with Crippen LogP contribution in [0.25, 0.3) is 10.9 Å². The van der Waals surface area contributed by atoms with Gasteiger partial charge in [0.15, 0.2) is 0 Å². The number of amides is 4. The smallest absolute Gasteiger partial charge is 0.326 e. The zero-order valence-corrected chi connectivity index (χ0v) is 21.1. The van der Waals surface area contributed by atoms with E-state index in [0.717, 1.165) is 10.9 Å². The number of carboxylic acids is 2. The standard InChI is InChI=1S/C25H32N6O8/c26-15(11-20(27)32)22(35)29-17(7-8-21(33)34)23(36)30-18(24(37)31-9-3-6-19(31)25(38)39)10-13-12-28-16-5-2-1-4-14(13)16/h1-2,4-5,12,15,17-19,28H,3,6-11,26H2,(H2,27,32)(H,29,35)(H,30,36)(H,33,34)(H,38,39). The van der Waals surface area contributed by atoms with Crippen molar-refractivity contribution >= 4 is 46.5 Å². The zero-order valence-electron chi connectivity index (χ0n) is 21.1. The maximum atomic E-state index is 13.6. The van der Waals surface area contributed by atoms with Crippen LogP contribution >= 0.6 is 0 Å². The molecule has 1 aliphatic rings. The highest BCUT2D eigenvalue weighted by atomic mass is 16.4. The molecule has 1 fully saturated rings. The lowest BCUT2D eigenvalue weighted by atomic mass is 10.0. The minimum Gasteiger partial charge on any atom is -0.481 e. The zero-order chi connectivity index (χ0) is 28.7. The van der Waals surface area contributed by atoms with Gasteiger partial charge in [-0.1, -0.05) is 18.2 Å². The topological polar surface area (TPSA) is 238 Å². The third kappa shape index (κ3) is 7.54. The minimum absolute atomic E-state index is 0.00177. The van der Waals surface area contributed by atoms with E-state index in [2.05, 4.69) is 15.6 Å². The second-order valence-corrected chi connectivity index (χ2v) is 9.42. The van der Waals surface area contributed by atoms with Gasteiger partial charge in [-0.15, -0.1) is 0 Å². The number of likely N-dealkylation sites (tertiary alicyclic amines) is 1. The van der Waals surface area contributed by atoms with E-state index < -0.39 is 72.6 Å². The molecule has 1 aliphatic heterocycles. The first-order chi connectivity index (χ1) is 18.5. The molecule has 0 spiro atoms. The first kappa shape index (κ1) is 29.1. The van der Waals surface area contributed by atoms with Crippen molar-refractivity contribution in [3.8, 4) is 0 Å². The largest absolute Gasteiger partial charge is 0.481 e. The number of benzene rings is 1. The lowest BCUT2D eigenvalue weighted by Gasteiger charge is -2.29. The van der Waals surface area contributed by atoms with Crippen molar-refractivity contribution < 1.29 is 39.0 Å². The van der Waals surface area contributed by atoms with Crippen molar-refractivity contribution in [2.45, 2.75) is 62.7 Å². The van der Waals surface area contributed by atoms with Crippen LogP contribution in [0.4, 0.5) is 0 Å². The molecule has 9 N–H and O–H groups in total. The number of primary amides is 1. The Balaban J connectivity index is 1.87. The van der Waals surface area contributed by atoms with Gasteiger partial charge in [-0.2, -0.15) is 0 Å². The molecule has 1 aromatic heterocycles. The fourth-order valence-corrected chi connectivity index (χ4v) is 4.61. The molecular formula is C25H32N6O8. The molecule has 2 aromatic rings. The Hall–Kier alpha value is -4.46. The van der Waals surface area contributed by atoms with Crippen LogP contribution in [0, 0.1) is 0 Å². The van der Waals surface area contributed by atoms with Crippen LogP contribution in [0.2, 0.25) is 0 Å². The van der Waals surface area contributed by atoms with Gasteiger partial charge in [-0.3, -0.25) is 24.0 Å². The summed E-state index contributed by atoms with van der Waals surface area (Å²) in [6.45, 7) is 0.192. The summed E-state index contributed by atoms with van der Waals surface area (Å²) in [5.41, 5.74) is 12.2. The number of aromatic nitrogens is 1. The van der Waals surface area contributed by atoms with Gasteiger partial charge in [0.1, 0.15) is 18.1 Å². The summed E-state index contributed by atoms with van der Waals surface area (Å²) >= 11 is 0. The van der Waals surface area contributed by atoms with E-state index in [1.165, 1.54) is 4.90 Å². The van der Waals surface area contributed by atoms with Crippen LogP contribution in [0.1, 0.15) is 37.7 Å². The van der Waals surface area contributed by atoms with E-state index in [1.54, 1.807) is 6.20 Å². The van der Waals surface area contributed by atoms with Crippen LogP contribution in [0.5, 0.6) is 0 Å². The summed E-state index contributed by atoms with van der Waals surface area (Å²) in [7, 11) is 0. The predicted octanol–water partition coefficient (Wildman–Crippen LogP) is -1.18. The minimum atomic E-state index is -1.40. The van der Waals surface area contributed by atoms with Crippen LogP contribution in [-0.2, 0) is 35.2 Å².